The molecule has 4 heteroatoms. The second kappa shape index (κ2) is 8.53. The predicted octanol–water partition coefficient (Wildman–Crippen LogP) is 1.73. The summed E-state index contributed by atoms with van der Waals surface area (Å²) in [5, 5.41) is 12.1. The van der Waals surface area contributed by atoms with Crippen LogP contribution in [-0.4, -0.2) is 30.3 Å². The van der Waals surface area contributed by atoms with E-state index < -0.39 is 0 Å². The normalized spacial score (nSPS) is 11.9. The van der Waals surface area contributed by atoms with E-state index in [-0.39, 0.29) is 12.0 Å². The van der Waals surface area contributed by atoms with E-state index >= 15 is 0 Å². The van der Waals surface area contributed by atoms with Crippen molar-refractivity contribution in [3.63, 3.8) is 0 Å². The molecule has 0 aliphatic rings. The molecule has 4 nitrogen and oxygen atoms in total. The Hall–Kier alpha value is -1.55. The third-order valence-electron chi connectivity index (χ3n) is 2.61. The van der Waals surface area contributed by atoms with Gasteiger partial charge in [-0.1, -0.05) is 25.1 Å². The number of aliphatic hydroxyl groups excluding tert-OH is 1. The van der Waals surface area contributed by atoms with Gasteiger partial charge in [-0.25, -0.2) is 0 Å². The lowest BCUT2D eigenvalue weighted by molar-refractivity contribution is -0.121. The van der Waals surface area contributed by atoms with Crippen molar-refractivity contribution in [3.05, 3.63) is 30.3 Å². The van der Waals surface area contributed by atoms with Gasteiger partial charge in [0.15, 0.2) is 0 Å². The number of aliphatic hydroxyl groups is 1. The van der Waals surface area contributed by atoms with Crippen LogP contribution in [0.25, 0.3) is 0 Å². The molecule has 100 valence electrons. The molecule has 0 saturated carbocycles. The Morgan fingerprint density at radius 1 is 1.39 bits per heavy atom. The summed E-state index contributed by atoms with van der Waals surface area (Å²) in [7, 11) is 0. The molecule has 0 fully saturated rings. The van der Waals surface area contributed by atoms with E-state index in [0.717, 1.165) is 5.75 Å². The summed E-state index contributed by atoms with van der Waals surface area (Å²) in [6.45, 7) is 2.80. The zero-order valence-corrected chi connectivity index (χ0v) is 10.8. The van der Waals surface area contributed by atoms with Gasteiger partial charge >= 0.3 is 0 Å². The van der Waals surface area contributed by atoms with E-state index in [0.29, 0.717) is 32.4 Å². The Morgan fingerprint density at radius 3 is 2.78 bits per heavy atom. The van der Waals surface area contributed by atoms with Crippen molar-refractivity contribution < 1.29 is 14.6 Å². The summed E-state index contributed by atoms with van der Waals surface area (Å²) < 4.78 is 5.42. The van der Waals surface area contributed by atoms with Crippen LogP contribution in [0, 0.1) is 0 Å². The van der Waals surface area contributed by atoms with Gasteiger partial charge in [0.1, 0.15) is 5.75 Å². The first kappa shape index (κ1) is 14.5. The number of hydrogen-bond donors (Lipinski definition) is 2. The third-order valence-corrected chi connectivity index (χ3v) is 2.61. The van der Waals surface area contributed by atoms with Gasteiger partial charge in [-0.2, -0.15) is 0 Å². The fraction of sp³-hybridized carbons (Fsp3) is 0.500. The number of ether oxygens (including phenoxy) is 1. The maximum Gasteiger partial charge on any atom is 0.223 e. The summed E-state index contributed by atoms with van der Waals surface area (Å²) in [4.78, 5) is 11.4. The van der Waals surface area contributed by atoms with Gasteiger partial charge in [0.05, 0.1) is 19.1 Å². The Bertz CT molecular complexity index is 340. The topological polar surface area (TPSA) is 58.6 Å². The standard InChI is InChI=1S/C14H21NO3/c1-2-12(16)8-10-15-14(17)9-11-18-13-6-4-3-5-7-13/h3-7,12,16H,2,8-11H2,1H3,(H,15,17). The summed E-state index contributed by atoms with van der Waals surface area (Å²) in [6.07, 6.45) is 1.32. The Morgan fingerprint density at radius 2 is 2.11 bits per heavy atom. The molecule has 1 unspecified atom stereocenters. The molecule has 2 N–H and O–H groups in total. The smallest absolute Gasteiger partial charge is 0.223 e. The summed E-state index contributed by atoms with van der Waals surface area (Å²) in [6, 6.07) is 9.41. The fourth-order valence-corrected chi connectivity index (χ4v) is 1.45. The Labute approximate surface area is 108 Å². The molecule has 18 heavy (non-hydrogen) atoms. The molecule has 0 radical (unpaired) electrons. The van der Waals surface area contributed by atoms with Crippen molar-refractivity contribution in [1.82, 2.24) is 5.32 Å². The summed E-state index contributed by atoms with van der Waals surface area (Å²) in [5.41, 5.74) is 0. The number of benzene rings is 1. The molecule has 1 atom stereocenters. The predicted molar refractivity (Wildman–Crippen MR) is 70.5 cm³/mol. The average molecular weight is 251 g/mol. The van der Waals surface area contributed by atoms with Gasteiger partial charge in [0.25, 0.3) is 0 Å². The van der Waals surface area contributed by atoms with Crippen molar-refractivity contribution >= 4 is 5.91 Å². The van der Waals surface area contributed by atoms with Crippen molar-refractivity contribution in [2.75, 3.05) is 13.2 Å². The number of hydrogen-bond acceptors (Lipinski definition) is 3. The van der Waals surface area contributed by atoms with E-state index in [4.69, 9.17) is 4.74 Å². The lowest BCUT2D eigenvalue weighted by Gasteiger charge is -2.09. The molecule has 0 aliphatic heterocycles. The van der Waals surface area contributed by atoms with Crippen LogP contribution in [0.2, 0.25) is 0 Å². The largest absolute Gasteiger partial charge is 0.493 e. The lowest BCUT2D eigenvalue weighted by Crippen LogP contribution is -2.28. The summed E-state index contributed by atoms with van der Waals surface area (Å²) >= 11 is 0. The monoisotopic (exact) mass is 251 g/mol. The number of amides is 1. The minimum absolute atomic E-state index is 0.0470. The van der Waals surface area contributed by atoms with Crippen LogP contribution in [0.1, 0.15) is 26.2 Å². The van der Waals surface area contributed by atoms with Gasteiger partial charge in [0, 0.05) is 6.54 Å². The molecule has 0 saturated heterocycles. The fourth-order valence-electron chi connectivity index (χ4n) is 1.45. The van der Waals surface area contributed by atoms with Crippen molar-refractivity contribution in [3.8, 4) is 5.75 Å². The zero-order valence-electron chi connectivity index (χ0n) is 10.8. The quantitative estimate of drug-likeness (QED) is 0.740. The van der Waals surface area contributed by atoms with Gasteiger partial charge in [0.2, 0.25) is 5.91 Å². The highest BCUT2D eigenvalue weighted by molar-refractivity contribution is 5.75. The van der Waals surface area contributed by atoms with Crippen LogP contribution in [0.15, 0.2) is 30.3 Å². The lowest BCUT2D eigenvalue weighted by atomic mass is 10.2. The van der Waals surface area contributed by atoms with Crippen LogP contribution in [0.4, 0.5) is 0 Å². The maximum absolute atomic E-state index is 11.4. The van der Waals surface area contributed by atoms with Crippen LogP contribution in [0.3, 0.4) is 0 Å². The first-order valence-corrected chi connectivity index (χ1v) is 6.35. The number of para-hydroxylation sites is 1. The van der Waals surface area contributed by atoms with Crippen LogP contribution in [-0.2, 0) is 4.79 Å². The average Bonchev–Trinajstić information content (AvgIpc) is 2.39. The molecule has 0 heterocycles. The van der Waals surface area contributed by atoms with E-state index in [1.165, 1.54) is 0 Å². The van der Waals surface area contributed by atoms with Crippen LogP contribution in [0.5, 0.6) is 5.75 Å². The highest BCUT2D eigenvalue weighted by Crippen LogP contribution is 2.08. The molecule has 1 aromatic rings. The molecule has 0 bridgehead atoms. The molecular formula is C14H21NO3. The third kappa shape index (κ3) is 6.25. The highest BCUT2D eigenvalue weighted by Gasteiger charge is 2.04. The molecule has 0 aromatic heterocycles. The highest BCUT2D eigenvalue weighted by atomic mass is 16.5. The molecule has 0 aliphatic carbocycles. The molecule has 1 rings (SSSR count). The summed E-state index contributed by atoms with van der Waals surface area (Å²) in [5.74, 6) is 0.723. The van der Waals surface area contributed by atoms with Crippen molar-refractivity contribution in [2.45, 2.75) is 32.3 Å². The van der Waals surface area contributed by atoms with Crippen molar-refractivity contribution in [1.29, 1.82) is 0 Å². The minimum Gasteiger partial charge on any atom is -0.493 e. The van der Waals surface area contributed by atoms with E-state index in [2.05, 4.69) is 5.32 Å². The van der Waals surface area contributed by atoms with E-state index in [1.807, 2.05) is 37.3 Å². The molecule has 1 aromatic carbocycles. The van der Waals surface area contributed by atoms with Crippen molar-refractivity contribution in [2.24, 2.45) is 0 Å². The first-order chi connectivity index (χ1) is 8.72. The SMILES string of the molecule is CCC(O)CCNC(=O)CCOc1ccccc1. The van der Waals surface area contributed by atoms with Crippen LogP contribution < -0.4 is 10.1 Å². The van der Waals surface area contributed by atoms with Gasteiger partial charge in [-0.05, 0) is 25.0 Å². The molecule has 0 spiro atoms. The Balaban J connectivity index is 2.07. The minimum atomic E-state index is -0.328. The maximum atomic E-state index is 11.4. The zero-order chi connectivity index (χ0) is 13.2. The van der Waals surface area contributed by atoms with Crippen LogP contribution >= 0.6 is 0 Å². The van der Waals surface area contributed by atoms with Gasteiger partial charge in [-0.3, -0.25) is 4.79 Å². The van der Waals surface area contributed by atoms with Gasteiger partial charge < -0.3 is 15.2 Å². The van der Waals surface area contributed by atoms with Gasteiger partial charge in [-0.15, -0.1) is 0 Å². The second-order valence-electron chi connectivity index (χ2n) is 4.11. The molecule has 1 amide bonds. The first-order valence-electron chi connectivity index (χ1n) is 6.35. The molecular weight excluding hydrogens is 230 g/mol. The second-order valence-corrected chi connectivity index (χ2v) is 4.11. The number of rotatable bonds is 8. The number of nitrogens with one attached hydrogen (secondary N) is 1. The number of carbonyl (C=O) groups excluding carboxylic acids is 1. The van der Waals surface area contributed by atoms with E-state index in [9.17, 15) is 9.90 Å². The number of carbonyl (C=O) groups is 1. The van der Waals surface area contributed by atoms with E-state index in [1.54, 1.807) is 0 Å². The Kier molecular flexibility index (Phi) is 6.87.